The summed E-state index contributed by atoms with van der Waals surface area (Å²) in [6.07, 6.45) is 6.07. The van der Waals surface area contributed by atoms with Gasteiger partial charge in [0, 0.05) is 11.8 Å². The molecule has 0 aliphatic carbocycles. The van der Waals surface area contributed by atoms with Crippen LogP contribution in [0.4, 0.5) is 5.69 Å². The van der Waals surface area contributed by atoms with Crippen molar-refractivity contribution in [3.05, 3.63) is 30.8 Å². The zero-order valence-corrected chi connectivity index (χ0v) is 14.1. The lowest BCUT2D eigenvalue weighted by molar-refractivity contribution is -0.120. The summed E-state index contributed by atoms with van der Waals surface area (Å²) >= 11 is 0. The number of amides is 1. The van der Waals surface area contributed by atoms with E-state index in [1.807, 2.05) is 18.2 Å². The molecule has 6 nitrogen and oxygen atoms in total. The lowest BCUT2D eigenvalue weighted by Gasteiger charge is -2.23. The highest BCUT2D eigenvalue weighted by molar-refractivity contribution is 5.95. The van der Waals surface area contributed by atoms with E-state index in [2.05, 4.69) is 22.1 Å². The molecule has 3 rings (SSSR count). The highest BCUT2D eigenvalue weighted by Gasteiger charge is 2.30. The second-order valence-electron chi connectivity index (χ2n) is 5.96. The Labute approximate surface area is 141 Å². The number of oxazole rings is 1. The number of hydrogen-bond acceptors (Lipinski definition) is 5. The molecule has 2 heterocycles. The third-order valence-electron chi connectivity index (χ3n) is 4.34. The first-order chi connectivity index (χ1) is 11.7. The van der Waals surface area contributed by atoms with E-state index in [1.54, 1.807) is 13.3 Å². The van der Waals surface area contributed by atoms with E-state index in [4.69, 9.17) is 9.15 Å². The molecule has 24 heavy (non-hydrogen) atoms. The molecular formula is C18H23N3O3. The molecule has 1 N–H and O–H groups in total. The fourth-order valence-corrected chi connectivity index (χ4v) is 3.22. The maximum atomic E-state index is 12.6. The number of likely N-dealkylation sites (tertiary alicyclic amines) is 1. The Hall–Kier alpha value is -2.34. The average molecular weight is 329 g/mol. The van der Waals surface area contributed by atoms with E-state index in [1.165, 1.54) is 6.39 Å². The molecule has 0 bridgehead atoms. The van der Waals surface area contributed by atoms with Gasteiger partial charge in [-0.25, -0.2) is 4.98 Å². The van der Waals surface area contributed by atoms with Crippen LogP contribution in [-0.4, -0.2) is 42.0 Å². The van der Waals surface area contributed by atoms with Gasteiger partial charge in [-0.05, 0) is 44.5 Å². The highest BCUT2D eigenvalue weighted by atomic mass is 16.5. The Bertz CT molecular complexity index is 685. The lowest BCUT2D eigenvalue weighted by Crippen LogP contribution is -2.39. The molecule has 2 aromatic rings. The van der Waals surface area contributed by atoms with Crippen LogP contribution in [0.2, 0.25) is 0 Å². The zero-order valence-electron chi connectivity index (χ0n) is 14.1. The van der Waals surface area contributed by atoms with Gasteiger partial charge >= 0.3 is 0 Å². The maximum absolute atomic E-state index is 12.6. The molecule has 0 spiro atoms. The third kappa shape index (κ3) is 3.43. The van der Waals surface area contributed by atoms with Crippen LogP contribution in [0.25, 0.3) is 11.3 Å². The number of nitrogens with zero attached hydrogens (tertiary/aromatic N) is 2. The standard InChI is InChI=1S/C18H23N3O3/c1-3-8-21-9-4-5-15(21)18(22)20-13-6-7-14(16(10-13)23-2)17-11-19-12-24-17/h6-7,10-12,15H,3-5,8-9H2,1-2H3,(H,20,22). The molecule has 1 saturated heterocycles. The van der Waals surface area contributed by atoms with Crippen molar-refractivity contribution in [2.75, 3.05) is 25.5 Å². The molecule has 128 valence electrons. The Morgan fingerprint density at radius 3 is 3.08 bits per heavy atom. The fourth-order valence-electron chi connectivity index (χ4n) is 3.22. The minimum absolute atomic E-state index is 0.0371. The number of ether oxygens (including phenoxy) is 1. The topological polar surface area (TPSA) is 67.6 Å². The summed E-state index contributed by atoms with van der Waals surface area (Å²) in [4.78, 5) is 18.8. The van der Waals surface area contributed by atoms with Crippen LogP contribution in [0.3, 0.4) is 0 Å². The number of carbonyl (C=O) groups is 1. The minimum atomic E-state index is -0.0371. The van der Waals surface area contributed by atoms with Crippen LogP contribution in [-0.2, 0) is 4.79 Å². The molecule has 1 unspecified atom stereocenters. The van der Waals surface area contributed by atoms with Crippen LogP contribution >= 0.6 is 0 Å². The van der Waals surface area contributed by atoms with E-state index >= 15 is 0 Å². The van der Waals surface area contributed by atoms with Gasteiger partial charge in [0.05, 0.1) is 24.9 Å². The van der Waals surface area contributed by atoms with Gasteiger partial charge in [-0.1, -0.05) is 6.92 Å². The van der Waals surface area contributed by atoms with Crippen LogP contribution in [0.15, 0.2) is 35.2 Å². The van der Waals surface area contributed by atoms with E-state index in [9.17, 15) is 4.79 Å². The summed E-state index contributed by atoms with van der Waals surface area (Å²) in [6, 6.07) is 5.50. The Morgan fingerprint density at radius 1 is 1.50 bits per heavy atom. The fraction of sp³-hybridized carbons (Fsp3) is 0.444. The first kappa shape index (κ1) is 16.5. The number of rotatable bonds is 6. The molecule has 1 amide bonds. The SMILES string of the molecule is CCCN1CCCC1C(=O)Nc1ccc(-c2cnco2)c(OC)c1. The zero-order chi connectivity index (χ0) is 16.9. The molecule has 1 aromatic carbocycles. The van der Waals surface area contributed by atoms with Crippen LogP contribution in [0, 0.1) is 0 Å². The summed E-state index contributed by atoms with van der Waals surface area (Å²) < 4.78 is 10.7. The molecular weight excluding hydrogens is 306 g/mol. The number of nitrogens with one attached hydrogen (secondary N) is 1. The molecule has 6 heteroatoms. The lowest BCUT2D eigenvalue weighted by atomic mass is 10.1. The number of anilines is 1. The quantitative estimate of drug-likeness (QED) is 0.882. The summed E-state index contributed by atoms with van der Waals surface area (Å²) in [5.74, 6) is 1.33. The van der Waals surface area contributed by atoms with Gasteiger partial charge < -0.3 is 14.5 Å². The van der Waals surface area contributed by atoms with Gasteiger partial charge in [-0.2, -0.15) is 0 Å². The molecule has 1 aromatic heterocycles. The summed E-state index contributed by atoms with van der Waals surface area (Å²) in [6.45, 7) is 4.10. The van der Waals surface area contributed by atoms with Gasteiger partial charge in [0.25, 0.3) is 0 Å². The van der Waals surface area contributed by atoms with Gasteiger partial charge in [-0.3, -0.25) is 9.69 Å². The summed E-state index contributed by atoms with van der Waals surface area (Å²) in [7, 11) is 1.60. The van der Waals surface area contributed by atoms with Gasteiger partial charge in [-0.15, -0.1) is 0 Å². The first-order valence-electron chi connectivity index (χ1n) is 8.34. The molecule has 0 saturated carbocycles. The van der Waals surface area contributed by atoms with Crippen LogP contribution < -0.4 is 10.1 Å². The van der Waals surface area contributed by atoms with Crippen molar-refractivity contribution >= 4 is 11.6 Å². The summed E-state index contributed by atoms with van der Waals surface area (Å²) in [5, 5.41) is 3.01. The van der Waals surface area contributed by atoms with Crippen molar-refractivity contribution < 1.29 is 13.9 Å². The van der Waals surface area contributed by atoms with Crippen molar-refractivity contribution in [1.82, 2.24) is 9.88 Å². The van der Waals surface area contributed by atoms with Crippen molar-refractivity contribution in [3.8, 4) is 17.1 Å². The second-order valence-corrected chi connectivity index (χ2v) is 5.96. The number of hydrogen-bond donors (Lipinski definition) is 1. The number of methoxy groups -OCH3 is 1. The minimum Gasteiger partial charge on any atom is -0.496 e. The van der Waals surface area contributed by atoms with Crippen molar-refractivity contribution in [2.45, 2.75) is 32.2 Å². The van der Waals surface area contributed by atoms with Crippen molar-refractivity contribution in [1.29, 1.82) is 0 Å². The van der Waals surface area contributed by atoms with Gasteiger partial charge in [0.2, 0.25) is 5.91 Å². The Morgan fingerprint density at radius 2 is 2.38 bits per heavy atom. The predicted octanol–water partition coefficient (Wildman–Crippen LogP) is 3.16. The number of aromatic nitrogens is 1. The van der Waals surface area contributed by atoms with Gasteiger partial charge in [0.1, 0.15) is 5.75 Å². The van der Waals surface area contributed by atoms with E-state index in [-0.39, 0.29) is 11.9 Å². The number of carbonyl (C=O) groups excluding carboxylic acids is 1. The highest BCUT2D eigenvalue weighted by Crippen LogP contribution is 2.32. The number of benzene rings is 1. The largest absolute Gasteiger partial charge is 0.496 e. The smallest absolute Gasteiger partial charge is 0.241 e. The molecule has 1 aliphatic heterocycles. The van der Waals surface area contributed by atoms with Crippen LogP contribution in [0.1, 0.15) is 26.2 Å². The monoisotopic (exact) mass is 329 g/mol. The van der Waals surface area contributed by atoms with E-state index in [0.29, 0.717) is 11.5 Å². The van der Waals surface area contributed by atoms with E-state index in [0.717, 1.165) is 43.6 Å². The first-order valence-corrected chi connectivity index (χ1v) is 8.34. The van der Waals surface area contributed by atoms with Crippen molar-refractivity contribution in [2.24, 2.45) is 0 Å². The van der Waals surface area contributed by atoms with E-state index < -0.39 is 0 Å². The average Bonchev–Trinajstić information content (AvgIpc) is 3.26. The Balaban J connectivity index is 1.74. The summed E-state index contributed by atoms with van der Waals surface area (Å²) in [5.41, 5.74) is 1.53. The second kappa shape index (κ2) is 7.49. The third-order valence-corrected chi connectivity index (χ3v) is 4.34. The molecule has 1 atom stereocenters. The molecule has 0 radical (unpaired) electrons. The van der Waals surface area contributed by atoms with Crippen LogP contribution in [0.5, 0.6) is 5.75 Å². The predicted molar refractivity (Wildman–Crippen MR) is 92.0 cm³/mol. The van der Waals surface area contributed by atoms with Crippen molar-refractivity contribution in [3.63, 3.8) is 0 Å². The molecule has 1 fully saturated rings. The maximum Gasteiger partial charge on any atom is 0.241 e. The van der Waals surface area contributed by atoms with Gasteiger partial charge in [0.15, 0.2) is 12.2 Å². The molecule has 1 aliphatic rings. The normalized spacial score (nSPS) is 17.8. The Kier molecular flexibility index (Phi) is 5.15.